The summed E-state index contributed by atoms with van der Waals surface area (Å²) in [5, 5.41) is 0. The molecule has 0 aromatic heterocycles. The highest BCUT2D eigenvalue weighted by atomic mass is 16.1. The minimum atomic E-state index is 0.331. The molecule has 0 fully saturated rings. The Morgan fingerprint density at radius 2 is 1.40 bits per heavy atom. The van der Waals surface area contributed by atoms with E-state index >= 15 is 0 Å². The fourth-order valence-corrected chi connectivity index (χ4v) is 3.50. The zero-order valence-corrected chi connectivity index (χ0v) is 17.0. The minimum Gasteiger partial charge on any atom is -0.294 e. The maximum atomic E-state index is 12.5. The normalized spacial score (nSPS) is 12.3. The maximum absolute atomic E-state index is 12.5. The largest absolute Gasteiger partial charge is 0.294 e. The highest BCUT2D eigenvalue weighted by Gasteiger charge is 2.12. The van der Waals surface area contributed by atoms with Gasteiger partial charge in [0.1, 0.15) is 0 Å². The molecule has 25 heavy (non-hydrogen) atoms. The smallest absolute Gasteiger partial charge is 0.162 e. The van der Waals surface area contributed by atoms with Crippen molar-refractivity contribution in [3.63, 3.8) is 0 Å². The van der Waals surface area contributed by atoms with Gasteiger partial charge in [0.2, 0.25) is 0 Å². The second-order valence-corrected chi connectivity index (χ2v) is 7.62. The Hall–Kier alpha value is -1.11. The molecule has 142 valence electrons. The first-order chi connectivity index (χ1) is 12.2. The first-order valence-electron chi connectivity index (χ1n) is 10.8. The summed E-state index contributed by atoms with van der Waals surface area (Å²) in [6, 6.07) is 8.36. The van der Waals surface area contributed by atoms with E-state index in [0.717, 1.165) is 30.7 Å². The van der Waals surface area contributed by atoms with Crippen LogP contribution in [0.15, 0.2) is 24.3 Å². The van der Waals surface area contributed by atoms with Crippen LogP contribution in [0.25, 0.3) is 0 Å². The van der Waals surface area contributed by atoms with Crippen molar-refractivity contribution >= 4 is 5.78 Å². The lowest BCUT2D eigenvalue weighted by molar-refractivity contribution is 0.0971. The second-order valence-electron chi connectivity index (χ2n) is 7.62. The van der Waals surface area contributed by atoms with Gasteiger partial charge in [-0.15, -0.1) is 0 Å². The molecular formula is C24H40O. The van der Waals surface area contributed by atoms with Crippen LogP contribution >= 0.6 is 0 Å². The average molecular weight is 345 g/mol. The fraction of sp³-hybridized carbons (Fsp3) is 0.708. The van der Waals surface area contributed by atoms with Crippen molar-refractivity contribution in [3.8, 4) is 0 Å². The number of carbonyl (C=O) groups excluding carboxylic acids is 1. The Labute approximate surface area is 156 Å². The second kappa shape index (κ2) is 14.1. The van der Waals surface area contributed by atoms with E-state index in [0.29, 0.717) is 5.78 Å². The summed E-state index contributed by atoms with van der Waals surface area (Å²) in [7, 11) is 0. The van der Waals surface area contributed by atoms with E-state index in [1.165, 1.54) is 69.8 Å². The van der Waals surface area contributed by atoms with Crippen LogP contribution in [-0.2, 0) is 6.42 Å². The average Bonchev–Trinajstić information content (AvgIpc) is 2.65. The van der Waals surface area contributed by atoms with Crippen molar-refractivity contribution in [2.45, 2.75) is 104 Å². The Morgan fingerprint density at radius 1 is 0.760 bits per heavy atom. The molecule has 1 nitrogen and oxygen atoms in total. The zero-order chi connectivity index (χ0) is 18.3. The van der Waals surface area contributed by atoms with Gasteiger partial charge in [0.05, 0.1) is 0 Å². The number of Topliss-reactive ketones (excluding diaryl/α,β-unsaturated/α-hetero) is 1. The zero-order valence-electron chi connectivity index (χ0n) is 17.0. The van der Waals surface area contributed by atoms with Crippen LogP contribution in [0.4, 0.5) is 0 Å². The summed E-state index contributed by atoms with van der Waals surface area (Å²) in [5.41, 5.74) is 2.26. The third kappa shape index (κ3) is 9.82. The van der Waals surface area contributed by atoms with Gasteiger partial charge < -0.3 is 0 Å². The monoisotopic (exact) mass is 344 g/mol. The van der Waals surface area contributed by atoms with E-state index in [1.807, 2.05) is 12.1 Å². The molecule has 1 unspecified atom stereocenters. The molecule has 1 aromatic rings. The van der Waals surface area contributed by atoms with Gasteiger partial charge in [0.25, 0.3) is 0 Å². The Balaban J connectivity index is 2.43. The van der Waals surface area contributed by atoms with Crippen molar-refractivity contribution in [1.29, 1.82) is 0 Å². The van der Waals surface area contributed by atoms with Crippen LogP contribution in [-0.4, -0.2) is 5.78 Å². The molecule has 0 spiro atoms. The van der Waals surface area contributed by atoms with E-state index in [9.17, 15) is 4.79 Å². The van der Waals surface area contributed by atoms with Gasteiger partial charge in [-0.2, -0.15) is 0 Å². The van der Waals surface area contributed by atoms with Gasteiger partial charge in [-0.3, -0.25) is 4.79 Å². The van der Waals surface area contributed by atoms with Crippen molar-refractivity contribution in [1.82, 2.24) is 0 Å². The van der Waals surface area contributed by atoms with Gasteiger partial charge in [0.15, 0.2) is 5.78 Å². The molecule has 0 aliphatic rings. The van der Waals surface area contributed by atoms with Crippen LogP contribution in [0.5, 0.6) is 0 Å². The lowest BCUT2D eigenvalue weighted by Crippen LogP contribution is -2.06. The van der Waals surface area contributed by atoms with Crippen LogP contribution in [0.3, 0.4) is 0 Å². The Kier molecular flexibility index (Phi) is 12.4. The van der Waals surface area contributed by atoms with Crippen LogP contribution in [0.2, 0.25) is 0 Å². The molecule has 0 aliphatic carbocycles. The molecular weight excluding hydrogens is 304 g/mol. The van der Waals surface area contributed by atoms with Crippen LogP contribution < -0.4 is 0 Å². The van der Waals surface area contributed by atoms with Crippen molar-refractivity contribution < 1.29 is 4.79 Å². The van der Waals surface area contributed by atoms with E-state index < -0.39 is 0 Å². The summed E-state index contributed by atoms with van der Waals surface area (Å²) in [4.78, 5) is 12.5. The first kappa shape index (κ1) is 21.9. The molecule has 0 heterocycles. The molecule has 0 N–H and O–H groups in total. The third-order valence-electron chi connectivity index (χ3n) is 5.31. The minimum absolute atomic E-state index is 0.331. The summed E-state index contributed by atoms with van der Waals surface area (Å²) in [6.07, 6.45) is 15.9. The van der Waals surface area contributed by atoms with Gasteiger partial charge in [-0.25, -0.2) is 0 Å². The molecule has 0 saturated carbocycles. The fourth-order valence-electron chi connectivity index (χ4n) is 3.50. The Morgan fingerprint density at radius 3 is 2.04 bits per heavy atom. The lowest BCUT2D eigenvalue weighted by Gasteiger charge is -2.16. The Bertz CT molecular complexity index is 446. The first-order valence-corrected chi connectivity index (χ1v) is 10.8. The number of aryl methyl sites for hydroxylation is 1. The summed E-state index contributed by atoms with van der Waals surface area (Å²) in [5.74, 6) is 1.07. The van der Waals surface area contributed by atoms with Crippen molar-refractivity contribution in [2.75, 3.05) is 0 Å². The number of unbranched alkanes of at least 4 members (excludes halogenated alkanes) is 5. The summed E-state index contributed by atoms with van der Waals surface area (Å²) < 4.78 is 0. The van der Waals surface area contributed by atoms with Crippen LogP contribution in [0, 0.1) is 5.92 Å². The highest BCUT2D eigenvalue weighted by Crippen LogP contribution is 2.23. The molecule has 1 heteroatoms. The molecule has 0 aliphatic heterocycles. The number of carbonyl (C=O) groups is 1. The highest BCUT2D eigenvalue weighted by molar-refractivity contribution is 5.96. The van der Waals surface area contributed by atoms with E-state index in [-0.39, 0.29) is 0 Å². The predicted molar refractivity (Wildman–Crippen MR) is 110 cm³/mol. The quantitative estimate of drug-likeness (QED) is 0.234. The van der Waals surface area contributed by atoms with Crippen molar-refractivity contribution in [2.24, 2.45) is 5.92 Å². The van der Waals surface area contributed by atoms with Gasteiger partial charge in [-0.1, -0.05) is 103 Å². The van der Waals surface area contributed by atoms with Gasteiger partial charge in [0, 0.05) is 12.0 Å². The lowest BCUT2D eigenvalue weighted by atomic mass is 9.89. The van der Waals surface area contributed by atoms with E-state index in [2.05, 4.69) is 32.9 Å². The molecule has 0 radical (unpaired) electrons. The SMILES string of the molecule is CCCCCCC(CCCC)CCC(=O)c1ccc(CCCC)cc1. The summed E-state index contributed by atoms with van der Waals surface area (Å²) in [6.45, 7) is 6.75. The van der Waals surface area contributed by atoms with Gasteiger partial charge in [-0.05, 0) is 30.7 Å². The third-order valence-corrected chi connectivity index (χ3v) is 5.31. The maximum Gasteiger partial charge on any atom is 0.162 e. The molecule has 0 bridgehead atoms. The topological polar surface area (TPSA) is 17.1 Å². The summed E-state index contributed by atoms with van der Waals surface area (Å²) >= 11 is 0. The molecule has 1 atom stereocenters. The standard InChI is InChI=1S/C24H40O/c1-4-7-10-11-14-21(12-8-5-2)17-20-24(25)23-18-15-22(16-19-23)13-9-6-3/h15-16,18-19,21H,4-14,17,20H2,1-3H3. The number of hydrogen-bond donors (Lipinski definition) is 0. The molecule has 0 amide bonds. The number of hydrogen-bond acceptors (Lipinski definition) is 1. The van der Waals surface area contributed by atoms with E-state index in [1.54, 1.807) is 0 Å². The number of ketones is 1. The van der Waals surface area contributed by atoms with Crippen molar-refractivity contribution in [3.05, 3.63) is 35.4 Å². The molecule has 1 aromatic carbocycles. The molecule has 1 rings (SSSR count). The van der Waals surface area contributed by atoms with E-state index in [4.69, 9.17) is 0 Å². The molecule has 0 saturated heterocycles. The van der Waals surface area contributed by atoms with Gasteiger partial charge >= 0.3 is 0 Å². The number of rotatable bonds is 15. The number of benzene rings is 1. The van der Waals surface area contributed by atoms with Crippen LogP contribution in [0.1, 0.15) is 114 Å². The predicted octanol–water partition coefficient (Wildman–Crippen LogP) is 7.77.